The summed E-state index contributed by atoms with van der Waals surface area (Å²) < 4.78 is 0.568. The average Bonchev–Trinajstić information content (AvgIpc) is 2.04. The minimum atomic E-state index is -1.16. The molecule has 0 atom stereocenters. The molecule has 1 aliphatic rings. The molecule has 5 heteroatoms. The van der Waals surface area contributed by atoms with Crippen LogP contribution in [0.4, 0.5) is 0 Å². The van der Waals surface area contributed by atoms with E-state index < -0.39 is 5.97 Å². The van der Waals surface area contributed by atoms with Crippen LogP contribution in [0.2, 0.25) is 0 Å². The minimum absolute atomic E-state index is 0.0642. The highest BCUT2D eigenvalue weighted by atomic mass is 79.9. The Hall–Kier alpha value is -1.32. The lowest BCUT2D eigenvalue weighted by Crippen LogP contribution is -2.17. The number of aliphatic carboxylic acids is 1. The third kappa shape index (κ3) is 1.64. The van der Waals surface area contributed by atoms with Gasteiger partial charge in [-0.2, -0.15) is 0 Å². The standard InChI is InChI=1S/C7H4BrNO3/c8-4-1-5(7(11)12)6(3-10)9-2-4/h1-2,9H,(H,11,12). The molecule has 0 aliphatic carbocycles. The zero-order chi connectivity index (χ0) is 9.14. The van der Waals surface area contributed by atoms with Gasteiger partial charge in [-0.25, -0.2) is 9.59 Å². The second kappa shape index (κ2) is 3.38. The smallest absolute Gasteiger partial charge is 0.338 e. The van der Waals surface area contributed by atoms with E-state index in [4.69, 9.17) is 5.11 Å². The van der Waals surface area contributed by atoms with Gasteiger partial charge in [0, 0.05) is 10.7 Å². The molecule has 62 valence electrons. The Morgan fingerprint density at radius 3 is 2.83 bits per heavy atom. The summed E-state index contributed by atoms with van der Waals surface area (Å²) in [6, 6.07) is 0. The molecule has 0 aromatic rings. The van der Waals surface area contributed by atoms with Crippen molar-refractivity contribution in [2.24, 2.45) is 0 Å². The van der Waals surface area contributed by atoms with Crippen LogP contribution in [-0.4, -0.2) is 17.0 Å². The van der Waals surface area contributed by atoms with E-state index in [0.29, 0.717) is 4.48 Å². The summed E-state index contributed by atoms with van der Waals surface area (Å²) in [6.07, 6.45) is 2.80. The number of rotatable bonds is 1. The number of halogens is 1. The first kappa shape index (κ1) is 8.77. The lowest BCUT2D eigenvalue weighted by Gasteiger charge is -2.08. The van der Waals surface area contributed by atoms with Crippen molar-refractivity contribution in [2.45, 2.75) is 0 Å². The summed E-state index contributed by atoms with van der Waals surface area (Å²) in [6.45, 7) is 0. The molecule has 0 spiro atoms. The van der Waals surface area contributed by atoms with Crippen molar-refractivity contribution < 1.29 is 14.7 Å². The molecule has 1 aliphatic heterocycles. The maximum absolute atomic E-state index is 10.5. The number of nitrogens with one attached hydrogen (secondary N) is 1. The molecule has 1 heterocycles. The van der Waals surface area contributed by atoms with Crippen molar-refractivity contribution in [3.8, 4) is 0 Å². The molecular weight excluding hydrogens is 226 g/mol. The molecule has 0 bridgehead atoms. The van der Waals surface area contributed by atoms with Crippen molar-refractivity contribution >= 4 is 27.8 Å². The summed E-state index contributed by atoms with van der Waals surface area (Å²) in [7, 11) is 0. The normalized spacial score (nSPS) is 15.6. The number of hydrogen-bond donors (Lipinski definition) is 2. The highest BCUT2D eigenvalue weighted by Crippen LogP contribution is 2.17. The molecule has 0 amide bonds. The summed E-state index contributed by atoms with van der Waals surface area (Å²) in [5, 5.41) is 11.1. The van der Waals surface area contributed by atoms with Gasteiger partial charge in [-0.1, -0.05) is 0 Å². The molecule has 0 fully saturated rings. The molecule has 4 nitrogen and oxygen atoms in total. The highest BCUT2D eigenvalue weighted by Gasteiger charge is 2.16. The number of carbonyl (C=O) groups excluding carboxylic acids is 1. The van der Waals surface area contributed by atoms with Crippen LogP contribution in [0.3, 0.4) is 0 Å². The Bertz CT molecular complexity index is 337. The van der Waals surface area contributed by atoms with Gasteiger partial charge in [-0.05, 0) is 22.0 Å². The van der Waals surface area contributed by atoms with Crippen molar-refractivity contribution in [1.82, 2.24) is 5.32 Å². The van der Waals surface area contributed by atoms with E-state index in [-0.39, 0.29) is 11.3 Å². The molecule has 0 aromatic heterocycles. The minimum Gasteiger partial charge on any atom is -0.478 e. The maximum Gasteiger partial charge on any atom is 0.338 e. The Balaban J connectivity index is 3.13. The summed E-state index contributed by atoms with van der Waals surface area (Å²) in [4.78, 5) is 20.7. The molecule has 1 rings (SSSR count). The second-order valence-electron chi connectivity index (χ2n) is 2.01. The quantitative estimate of drug-likeness (QED) is 0.645. The first-order valence-corrected chi connectivity index (χ1v) is 3.77. The number of carboxylic acid groups (broad SMARTS) is 1. The summed E-state index contributed by atoms with van der Waals surface area (Å²) >= 11 is 3.07. The SMILES string of the molecule is O=C=C1NC=C(Br)C=C1C(=O)O. The first-order chi connectivity index (χ1) is 5.65. The number of carbonyl (C=O) groups is 1. The zero-order valence-corrected chi connectivity index (χ0v) is 7.38. The second-order valence-corrected chi connectivity index (χ2v) is 2.93. The molecule has 0 unspecified atom stereocenters. The summed E-state index contributed by atoms with van der Waals surface area (Å²) in [5.41, 5.74) is -0.162. The lowest BCUT2D eigenvalue weighted by molar-refractivity contribution is -0.132. The van der Waals surface area contributed by atoms with E-state index in [9.17, 15) is 9.59 Å². The zero-order valence-electron chi connectivity index (χ0n) is 5.80. The highest BCUT2D eigenvalue weighted by molar-refractivity contribution is 9.11. The van der Waals surface area contributed by atoms with Crippen LogP contribution in [0.1, 0.15) is 0 Å². The number of carboxylic acids is 1. The van der Waals surface area contributed by atoms with Crippen LogP contribution in [0.25, 0.3) is 0 Å². The Morgan fingerprint density at radius 2 is 2.33 bits per heavy atom. The van der Waals surface area contributed by atoms with Gasteiger partial charge >= 0.3 is 5.97 Å². The summed E-state index contributed by atoms with van der Waals surface area (Å²) in [5.74, 6) is 0.336. The van der Waals surface area contributed by atoms with Crippen molar-refractivity contribution in [2.75, 3.05) is 0 Å². The van der Waals surface area contributed by atoms with E-state index in [1.54, 1.807) is 0 Å². The molecule has 0 aromatic carbocycles. The van der Waals surface area contributed by atoms with Crippen molar-refractivity contribution in [3.05, 3.63) is 28.0 Å². The van der Waals surface area contributed by atoms with E-state index >= 15 is 0 Å². The number of hydrogen-bond acceptors (Lipinski definition) is 3. The van der Waals surface area contributed by atoms with Gasteiger partial charge in [0.05, 0.1) is 5.57 Å². The molecule has 12 heavy (non-hydrogen) atoms. The molecule has 2 N–H and O–H groups in total. The van der Waals surface area contributed by atoms with E-state index in [1.807, 2.05) is 0 Å². The monoisotopic (exact) mass is 229 g/mol. The third-order valence-electron chi connectivity index (χ3n) is 1.24. The Labute approximate surface area is 76.4 Å². The van der Waals surface area contributed by atoms with Crippen molar-refractivity contribution in [3.63, 3.8) is 0 Å². The molecule has 0 radical (unpaired) electrons. The van der Waals surface area contributed by atoms with Gasteiger partial charge in [0.25, 0.3) is 0 Å². The topological polar surface area (TPSA) is 66.4 Å². The number of dihydropyridines is 1. The third-order valence-corrected chi connectivity index (χ3v) is 1.70. The van der Waals surface area contributed by atoms with Crippen LogP contribution in [0.5, 0.6) is 0 Å². The molecule has 0 saturated carbocycles. The van der Waals surface area contributed by atoms with Crippen molar-refractivity contribution in [1.29, 1.82) is 0 Å². The van der Waals surface area contributed by atoms with Gasteiger partial charge in [0.2, 0.25) is 0 Å². The van der Waals surface area contributed by atoms with Crippen LogP contribution >= 0.6 is 15.9 Å². The van der Waals surface area contributed by atoms with E-state index in [2.05, 4.69) is 21.2 Å². The average molecular weight is 230 g/mol. The fourth-order valence-electron chi connectivity index (χ4n) is 0.724. The largest absolute Gasteiger partial charge is 0.478 e. The van der Waals surface area contributed by atoms with Gasteiger partial charge in [-0.3, -0.25) is 0 Å². The van der Waals surface area contributed by atoms with Gasteiger partial charge in [-0.15, -0.1) is 0 Å². The number of allylic oxidation sites excluding steroid dienone is 2. The predicted octanol–water partition coefficient (Wildman–Crippen LogP) is 0.552. The molecular formula is C7H4BrNO3. The van der Waals surface area contributed by atoms with Crippen LogP contribution in [0.15, 0.2) is 28.0 Å². The van der Waals surface area contributed by atoms with E-state index in [1.165, 1.54) is 18.2 Å². The van der Waals surface area contributed by atoms with Crippen LogP contribution < -0.4 is 5.32 Å². The lowest BCUT2D eigenvalue weighted by atomic mass is 10.1. The molecule has 0 saturated heterocycles. The van der Waals surface area contributed by atoms with Crippen LogP contribution in [-0.2, 0) is 9.59 Å². The van der Waals surface area contributed by atoms with E-state index in [0.717, 1.165) is 0 Å². The van der Waals surface area contributed by atoms with Crippen LogP contribution in [0, 0.1) is 0 Å². The first-order valence-electron chi connectivity index (χ1n) is 2.98. The Kier molecular flexibility index (Phi) is 2.47. The predicted molar refractivity (Wildman–Crippen MR) is 45.1 cm³/mol. The fourth-order valence-corrected chi connectivity index (χ4v) is 1.07. The van der Waals surface area contributed by atoms with Gasteiger partial charge in [0.15, 0.2) is 5.94 Å². The fraction of sp³-hybridized carbons (Fsp3) is 0. The van der Waals surface area contributed by atoms with Gasteiger partial charge in [0.1, 0.15) is 5.70 Å². The maximum atomic E-state index is 10.5. The Morgan fingerprint density at radius 1 is 1.67 bits per heavy atom. The van der Waals surface area contributed by atoms with Gasteiger partial charge < -0.3 is 10.4 Å².